The van der Waals surface area contributed by atoms with Gasteiger partial charge in [-0.3, -0.25) is 0 Å². The van der Waals surface area contributed by atoms with E-state index in [9.17, 15) is 4.79 Å². The Bertz CT molecular complexity index is 472. The molecule has 1 saturated carbocycles. The average molecular weight is 275 g/mol. The number of benzene rings is 1. The van der Waals surface area contributed by atoms with Crippen LogP contribution in [0.4, 0.5) is 5.69 Å². The molecule has 0 spiro atoms. The fourth-order valence-electron chi connectivity index (χ4n) is 3.09. The number of carbonyl (C=O) groups is 1. The number of methoxy groups -OCH3 is 1. The summed E-state index contributed by atoms with van der Waals surface area (Å²) in [5, 5.41) is 3.47. The maximum Gasteiger partial charge on any atom is 0.331 e. The van der Waals surface area contributed by atoms with Crippen LogP contribution in [0.2, 0.25) is 0 Å². The highest BCUT2D eigenvalue weighted by Gasteiger charge is 2.40. The molecule has 0 radical (unpaired) electrons. The van der Waals surface area contributed by atoms with Gasteiger partial charge in [0, 0.05) is 5.69 Å². The highest BCUT2D eigenvalue weighted by Crippen LogP contribution is 2.34. The van der Waals surface area contributed by atoms with Crippen LogP contribution in [-0.4, -0.2) is 18.6 Å². The summed E-state index contributed by atoms with van der Waals surface area (Å²) in [5.41, 5.74) is 1.63. The molecule has 1 N–H and O–H groups in total. The van der Waals surface area contributed by atoms with Crippen molar-refractivity contribution in [2.45, 2.75) is 51.5 Å². The van der Waals surface area contributed by atoms with Gasteiger partial charge < -0.3 is 10.1 Å². The van der Waals surface area contributed by atoms with E-state index in [1.165, 1.54) is 19.1 Å². The summed E-state index contributed by atoms with van der Waals surface area (Å²) in [6.45, 7) is 4.32. The van der Waals surface area contributed by atoms with Crippen molar-refractivity contribution in [3.05, 3.63) is 29.8 Å². The molecule has 2 atom stereocenters. The van der Waals surface area contributed by atoms with Gasteiger partial charge >= 0.3 is 5.97 Å². The maximum absolute atomic E-state index is 12.4. The van der Waals surface area contributed by atoms with E-state index in [0.29, 0.717) is 5.92 Å². The van der Waals surface area contributed by atoms with Crippen molar-refractivity contribution in [1.82, 2.24) is 0 Å². The zero-order valence-electron chi connectivity index (χ0n) is 12.7. The summed E-state index contributed by atoms with van der Waals surface area (Å²) in [4.78, 5) is 12.4. The Balaban J connectivity index is 2.25. The van der Waals surface area contributed by atoms with Crippen molar-refractivity contribution < 1.29 is 9.53 Å². The topological polar surface area (TPSA) is 38.3 Å². The van der Waals surface area contributed by atoms with Gasteiger partial charge in [-0.15, -0.1) is 0 Å². The number of hydrogen-bond donors (Lipinski definition) is 1. The molecule has 0 amide bonds. The SMILES string of the molecule is COC(=O)C1(Nc2cccc(C)c2)CCCC(C)CC1. The van der Waals surface area contributed by atoms with E-state index in [0.717, 1.165) is 31.4 Å². The Labute approximate surface area is 121 Å². The minimum Gasteiger partial charge on any atom is -0.467 e. The van der Waals surface area contributed by atoms with Crippen LogP contribution in [0, 0.1) is 12.8 Å². The zero-order valence-corrected chi connectivity index (χ0v) is 12.7. The molecule has 2 unspecified atom stereocenters. The number of anilines is 1. The average Bonchev–Trinajstić information content (AvgIpc) is 2.61. The second-order valence-electron chi connectivity index (χ2n) is 6.10. The molecular formula is C17H25NO2. The summed E-state index contributed by atoms with van der Waals surface area (Å²) >= 11 is 0. The Kier molecular flexibility index (Phi) is 4.69. The Morgan fingerprint density at radius 3 is 2.85 bits per heavy atom. The van der Waals surface area contributed by atoms with Crippen molar-refractivity contribution in [3.63, 3.8) is 0 Å². The van der Waals surface area contributed by atoms with E-state index in [-0.39, 0.29) is 5.97 Å². The van der Waals surface area contributed by atoms with Gasteiger partial charge in [-0.2, -0.15) is 0 Å². The highest BCUT2D eigenvalue weighted by atomic mass is 16.5. The molecule has 0 aliphatic heterocycles. The predicted molar refractivity (Wildman–Crippen MR) is 81.8 cm³/mol. The van der Waals surface area contributed by atoms with Gasteiger partial charge in [0.25, 0.3) is 0 Å². The Hall–Kier alpha value is -1.51. The van der Waals surface area contributed by atoms with Gasteiger partial charge in [0.2, 0.25) is 0 Å². The van der Waals surface area contributed by atoms with Gasteiger partial charge in [0.05, 0.1) is 7.11 Å². The molecule has 1 aliphatic rings. The minimum absolute atomic E-state index is 0.131. The largest absolute Gasteiger partial charge is 0.467 e. The highest BCUT2D eigenvalue weighted by molar-refractivity contribution is 5.84. The van der Waals surface area contributed by atoms with Crippen LogP contribution in [0.15, 0.2) is 24.3 Å². The second kappa shape index (κ2) is 6.29. The van der Waals surface area contributed by atoms with E-state index < -0.39 is 5.54 Å². The van der Waals surface area contributed by atoms with Gasteiger partial charge in [-0.1, -0.05) is 31.9 Å². The van der Waals surface area contributed by atoms with E-state index in [4.69, 9.17) is 4.74 Å². The molecule has 3 nitrogen and oxygen atoms in total. The van der Waals surface area contributed by atoms with Crippen molar-refractivity contribution in [1.29, 1.82) is 0 Å². The van der Waals surface area contributed by atoms with Crippen LogP contribution >= 0.6 is 0 Å². The number of aryl methyl sites for hydroxylation is 1. The van der Waals surface area contributed by atoms with Crippen molar-refractivity contribution in [3.8, 4) is 0 Å². The van der Waals surface area contributed by atoms with Crippen molar-refractivity contribution in [2.75, 3.05) is 12.4 Å². The normalized spacial score (nSPS) is 26.6. The molecule has 1 aliphatic carbocycles. The monoisotopic (exact) mass is 275 g/mol. The predicted octanol–water partition coefficient (Wildman–Crippen LogP) is 3.92. The van der Waals surface area contributed by atoms with Crippen molar-refractivity contribution in [2.24, 2.45) is 5.92 Å². The summed E-state index contributed by atoms with van der Waals surface area (Å²) in [6, 6.07) is 8.18. The lowest BCUT2D eigenvalue weighted by Gasteiger charge is -2.32. The van der Waals surface area contributed by atoms with Gasteiger partial charge in [0.15, 0.2) is 0 Å². The van der Waals surface area contributed by atoms with E-state index in [1.807, 2.05) is 12.1 Å². The first-order valence-electron chi connectivity index (χ1n) is 7.49. The number of esters is 1. The Morgan fingerprint density at radius 2 is 2.15 bits per heavy atom. The molecule has 2 rings (SSSR count). The van der Waals surface area contributed by atoms with Crippen molar-refractivity contribution >= 4 is 11.7 Å². The van der Waals surface area contributed by atoms with Crippen LogP contribution in [-0.2, 0) is 9.53 Å². The number of carbonyl (C=O) groups excluding carboxylic acids is 1. The van der Waals surface area contributed by atoms with Crippen LogP contribution in [0.5, 0.6) is 0 Å². The van der Waals surface area contributed by atoms with E-state index in [1.54, 1.807) is 0 Å². The summed E-state index contributed by atoms with van der Waals surface area (Å²) < 4.78 is 5.08. The first-order chi connectivity index (χ1) is 9.55. The van der Waals surface area contributed by atoms with Crippen LogP contribution in [0.25, 0.3) is 0 Å². The summed E-state index contributed by atoms with van der Waals surface area (Å²) in [7, 11) is 1.48. The maximum atomic E-state index is 12.4. The molecule has 0 saturated heterocycles. The van der Waals surface area contributed by atoms with Gasteiger partial charge in [-0.05, 0) is 49.8 Å². The fourth-order valence-corrected chi connectivity index (χ4v) is 3.09. The van der Waals surface area contributed by atoms with E-state index in [2.05, 4.69) is 31.3 Å². The standard InChI is InChI=1S/C17H25NO2/c1-13-7-5-10-17(11-9-13,16(19)20-3)18-15-8-4-6-14(2)12-15/h4,6,8,12-13,18H,5,7,9-11H2,1-3H3. The minimum atomic E-state index is -0.562. The number of rotatable bonds is 3. The molecule has 1 aromatic rings. The van der Waals surface area contributed by atoms with Crippen LogP contribution < -0.4 is 5.32 Å². The number of nitrogens with one attached hydrogen (secondary N) is 1. The third kappa shape index (κ3) is 3.33. The molecule has 110 valence electrons. The quantitative estimate of drug-likeness (QED) is 0.671. The smallest absolute Gasteiger partial charge is 0.331 e. The summed E-state index contributed by atoms with van der Waals surface area (Å²) in [6.07, 6.45) is 5.00. The second-order valence-corrected chi connectivity index (χ2v) is 6.10. The summed E-state index contributed by atoms with van der Waals surface area (Å²) in [5.74, 6) is 0.550. The number of ether oxygens (including phenoxy) is 1. The van der Waals surface area contributed by atoms with Crippen LogP contribution in [0.1, 0.15) is 44.6 Å². The third-order valence-corrected chi connectivity index (χ3v) is 4.34. The lowest BCUT2D eigenvalue weighted by Crippen LogP contribution is -2.46. The zero-order chi connectivity index (χ0) is 14.6. The molecular weight excluding hydrogens is 250 g/mol. The Morgan fingerprint density at radius 1 is 1.35 bits per heavy atom. The molecule has 3 heteroatoms. The molecule has 20 heavy (non-hydrogen) atoms. The molecule has 1 fully saturated rings. The molecule has 0 aromatic heterocycles. The first-order valence-corrected chi connectivity index (χ1v) is 7.49. The molecule has 0 bridgehead atoms. The number of hydrogen-bond acceptors (Lipinski definition) is 3. The lowest BCUT2D eigenvalue weighted by molar-refractivity contribution is -0.146. The third-order valence-electron chi connectivity index (χ3n) is 4.34. The first kappa shape index (κ1) is 14.9. The molecule has 1 aromatic carbocycles. The van der Waals surface area contributed by atoms with E-state index >= 15 is 0 Å². The lowest BCUT2D eigenvalue weighted by atomic mass is 9.89. The van der Waals surface area contributed by atoms with Gasteiger partial charge in [-0.25, -0.2) is 4.79 Å². The van der Waals surface area contributed by atoms with Crippen LogP contribution in [0.3, 0.4) is 0 Å². The van der Waals surface area contributed by atoms with Gasteiger partial charge in [0.1, 0.15) is 5.54 Å². The molecule has 0 heterocycles. The fraction of sp³-hybridized carbons (Fsp3) is 0.588.